The molecule has 0 unspecified atom stereocenters. The Hall–Kier alpha value is -3.14. The molecule has 0 aromatic heterocycles. The number of nitrogens with zero attached hydrogens (tertiary/aromatic N) is 2. The summed E-state index contributed by atoms with van der Waals surface area (Å²) in [6.07, 6.45) is 1.65. The van der Waals surface area contributed by atoms with Gasteiger partial charge in [-0.3, -0.25) is 13.9 Å². The maximum Gasteiger partial charge on any atom is 0.264 e. The third-order valence-corrected chi connectivity index (χ3v) is 8.86. The largest absolute Gasteiger partial charge is 0.354 e. The lowest BCUT2D eigenvalue weighted by Crippen LogP contribution is -2.51. The summed E-state index contributed by atoms with van der Waals surface area (Å²) >= 11 is 12.2. The van der Waals surface area contributed by atoms with Gasteiger partial charge < -0.3 is 10.2 Å². The summed E-state index contributed by atoms with van der Waals surface area (Å²) in [5, 5.41) is 3.44. The summed E-state index contributed by atoms with van der Waals surface area (Å²) in [5.41, 5.74) is 1.56. The zero-order valence-electron chi connectivity index (χ0n) is 22.5. The fourth-order valence-electron chi connectivity index (χ4n) is 3.93. The molecule has 3 aromatic carbocycles. The molecule has 0 saturated heterocycles. The van der Waals surface area contributed by atoms with Gasteiger partial charge in [-0.1, -0.05) is 60.3 Å². The molecule has 0 heterocycles. The van der Waals surface area contributed by atoms with Crippen LogP contribution in [-0.2, 0) is 26.2 Å². The van der Waals surface area contributed by atoms with E-state index in [1.54, 1.807) is 37.3 Å². The van der Waals surface area contributed by atoms with Crippen LogP contribution in [0.5, 0.6) is 0 Å². The van der Waals surface area contributed by atoms with Crippen LogP contribution in [-0.4, -0.2) is 44.3 Å². The van der Waals surface area contributed by atoms with Gasteiger partial charge in [0.05, 0.1) is 20.6 Å². The third-order valence-electron chi connectivity index (χ3n) is 6.34. The fourth-order valence-corrected chi connectivity index (χ4v) is 5.66. The number of hydrogen-bond acceptors (Lipinski definition) is 4. The van der Waals surface area contributed by atoms with E-state index in [2.05, 4.69) is 5.32 Å². The molecule has 0 aliphatic carbocycles. The fraction of sp³-hybridized carbons (Fsp3) is 0.310. The number of unbranched alkanes of at least 4 members (excludes halogenated alkanes) is 1. The number of benzene rings is 3. The minimum Gasteiger partial charge on any atom is -0.354 e. The van der Waals surface area contributed by atoms with Crippen LogP contribution in [0.1, 0.15) is 37.8 Å². The van der Waals surface area contributed by atoms with Crippen LogP contribution in [0, 0.1) is 12.7 Å². The smallest absolute Gasteiger partial charge is 0.264 e. The van der Waals surface area contributed by atoms with Crippen molar-refractivity contribution in [2.75, 3.05) is 17.4 Å². The van der Waals surface area contributed by atoms with Gasteiger partial charge in [0.1, 0.15) is 18.4 Å². The number of rotatable bonds is 12. The highest BCUT2D eigenvalue weighted by atomic mass is 35.5. The molecule has 214 valence electrons. The van der Waals surface area contributed by atoms with Gasteiger partial charge in [0, 0.05) is 13.1 Å². The first kappa shape index (κ1) is 31.4. The number of amides is 2. The van der Waals surface area contributed by atoms with E-state index in [-0.39, 0.29) is 28.1 Å². The average molecular weight is 609 g/mol. The Balaban J connectivity index is 2.01. The number of sulfonamides is 1. The minimum absolute atomic E-state index is 0.0279. The van der Waals surface area contributed by atoms with Crippen LogP contribution in [0.25, 0.3) is 0 Å². The highest BCUT2D eigenvalue weighted by Gasteiger charge is 2.32. The van der Waals surface area contributed by atoms with Gasteiger partial charge in [0.2, 0.25) is 11.8 Å². The Kier molecular flexibility index (Phi) is 11.0. The number of hydrogen-bond donors (Lipinski definition) is 1. The monoisotopic (exact) mass is 607 g/mol. The van der Waals surface area contributed by atoms with Crippen LogP contribution in [0.3, 0.4) is 0 Å². The van der Waals surface area contributed by atoms with E-state index in [1.807, 2.05) is 13.8 Å². The predicted octanol–water partition coefficient (Wildman–Crippen LogP) is 5.97. The summed E-state index contributed by atoms with van der Waals surface area (Å²) in [7, 11) is -4.24. The zero-order valence-corrected chi connectivity index (χ0v) is 24.9. The topological polar surface area (TPSA) is 86.8 Å². The molecule has 11 heteroatoms. The number of carbonyl (C=O) groups excluding carboxylic acids is 2. The number of carbonyl (C=O) groups is 2. The standard InChI is InChI=1S/C29H32Cl2FN3O4S/c1-4-5-16-33-29(37)21(3)34(18-22-8-15-26(30)27(31)17-22)28(36)19-35(24-11-9-23(32)10-12-24)40(38,39)25-13-6-20(2)7-14-25/h6-15,17,21H,4-5,16,18-19H2,1-3H3,(H,33,37)/t21-/m0/s1. The SMILES string of the molecule is CCCCNC(=O)[C@H](C)N(Cc1ccc(Cl)c(Cl)c1)C(=O)CN(c1ccc(F)cc1)S(=O)(=O)c1ccc(C)cc1. The molecule has 3 aromatic rings. The minimum atomic E-state index is -4.24. The lowest BCUT2D eigenvalue weighted by atomic mass is 10.1. The van der Waals surface area contributed by atoms with Crippen LogP contribution >= 0.6 is 23.2 Å². The van der Waals surface area contributed by atoms with E-state index in [0.29, 0.717) is 17.1 Å². The molecule has 0 spiro atoms. The predicted molar refractivity (Wildman–Crippen MR) is 157 cm³/mol. The van der Waals surface area contributed by atoms with E-state index >= 15 is 0 Å². The first-order chi connectivity index (χ1) is 18.9. The summed E-state index contributed by atoms with van der Waals surface area (Å²) in [6, 6.07) is 14.9. The summed E-state index contributed by atoms with van der Waals surface area (Å²) < 4.78 is 42.2. The van der Waals surface area contributed by atoms with E-state index in [0.717, 1.165) is 34.8 Å². The van der Waals surface area contributed by atoms with Crippen molar-refractivity contribution in [3.8, 4) is 0 Å². The highest BCUT2D eigenvalue weighted by molar-refractivity contribution is 7.92. The molecule has 0 fully saturated rings. The lowest BCUT2D eigenvalue weighted by molar-refractivity contribution is -0.139. The van der Waals surface area contributed by atoms with Crippen LogP contribution < -0.4 is 9.62 Å². The third kappa shape index (κ3) is 7.96. The average Bonchev–Trinajstić information content (AvgIpc) is 2.92. The van der Waals surface area contributed by atoms with Gasteiger partial charge in [0.25, 0.3) is 10.0 Å². The first-order valence-corrected chi connectivity index (χ1v) is 15.0. The van der Waals surface area contributed by atoms with E-state index < -0.39 is 34.3 Å². The Morgan fingerprint density at radius 3 is 2.23 bits per heavy atom. The van der Waals surface area contributed by atoms with E-state index in [9.17, 15) is 22.4 Å². The van der Waals surface area contributed by atoms with Gasteiger partial charge in [-0.05, 0) is 74.4 Å². The van der Waals surface area contributed by atoms with Gasteiger partial charge in [-0.25, -0.2) is 12.8 Å². The van der Waals surface area contributed by atoms with Crippen molar-refractivity contribution in [1.29, 1.82) is 0 Å². The summed E-state index contributed by atoms with van der Waals surface area (Å²) in [4.78, 5) is 28.1. The van der Waals surface area contributed by atoms with Crippen LogP contribution in [0.15, 0.2) is 71.6 Å². The van der Waals surface area contributed by atoms with Gasteiger partial charge in [-0.2, -0.15) is 0 Å². The second-order valence-corrected chi connectivity index (χ2v) is 12.1. The molecule has 0 aliphatic rings. The molecule has 1 N–H and O–H groups in total. The van der Waals surface area contributed by atoms with E-state index in [1.165, 1.54) is 29.2 Å². The lowest BCUT2D eigenvalue weighted by Gasteiger charge is -2.32. The second-order valence-electron chi connectivity index (χ2n) is 9.39. The number of anilines is 1. The molecule has 40 heavy (non-hydrogen) atoms. The molecule has 0 radical (unpaired) electrons. The number of nitrogens with one attached hydrogen (secondary N) is 1. The van der Waals surface area contributed by atoms with Gasteiger partial charge in [0.15, 0.2) is 0 Å². The molecular formula is C29H32Cl2FN3O4S. The van der Waals surface area contributed by atoms with Crippen molar-refractivity contribution in [2.24, 2.45) is 0 Å². The zero-order chi connectivity index (χ0) is 29.4. The van der Waals surface area contributed by atoms with Crippen molar-refractivity contribution in [3.05, 3.63) is 93.7 Å². The highest BCUT2D eigenvalue weighted by Crippen LogP contribution is 2.26. The summed E-state index contributed by atoms with van der Waals surface area (Å²) in [6.45, 7) is 5.18. The maximum atomic E-state index is 13.9. The Labute approximate surface area is 244 Å². The number of aryl methyl sites for hydroxylation is 1. The molecule has 7 nitrogen and oxygen atoms in total. The molecular weight excluding hydrogens is 576 g/mol. The second kappa shape index (κ2) is 14.0. The van der Waals surface area contributed by atoms with Crippen molar-refractivity contribution < 1.29 is 22.4 Å². The van der Waals surface area contributed by atoms with Crippen molar-refractivity contribution in [2.45, 2.75) is 51.1 Å². The normalized spacial score (nSPS) is 12.1. The Morgan fingerprint density at radius 2 is 1.62 bits per heavy atom. The van der Waals surface area contributed by atoms with E-state index in [4.69, 9.17) is 23.2 Å². The van der Waals surface area contributed by atoms with Gasteiger partial charge >= 0.3 is 0 Å². The van der Waals surface area contributed by atoms with Crippen molar-refractivity contribution in [1.82, 2.24) is 10.2 Å². The van der Waals surface area contributed by atoms with Crippen LogP contribution in [0.4, 0.5) is 10.1 Å². The summed E-state index contributed by atoms with van der Waals surface area (Å²) in [5.74, 6) is -1.57. The Bertz CT molecular complexity index is 1430. The molecule has 3 rings (SSSR count). The quantitative estimate of drug-likeness (QED) is 0.257. The van der Waals surface area contributed by atoms with Crippen LogP contribution in [0.2, 0.25) is 10.0 Å². The molecule has 0 saturated carbocycles. The van der Waals surface area contributed by atoms with Gasteiger partial charge in [-0.15, -0.1) is 0 Å². The van der Waals surface area contributed by atoms with Crippen molar-refractivity contribution >= 4 is 50.7 Å². The van der Waals surface area contributed by atoms with Crippen molar-refractivity contribution in [3.63, 3.8) is 0 Å². The Morgan fingerprint density at radius 1 is 0.975 bits per heavy atom. The molecule has 1 atom stereocenters. The number of halogens is 3. The molecule has 0 bridgehead atoms. The molecule has 2 amide bonds. The maximum absolute atomic E-state index is 13.9. The first-order valence-electron chi connectivity index (χ1n) is 12.8. The molecule has 0 aliphatic heterocycles.